The van der Waals surface area contributed by atoms with E-state index in [1.165, 1.54) is 32.4 Å². The summed E-state index contributed by atoms with van der Waals surface area (Å²) in [4.78, 5) is 2.94. The van der Waals surface area contributed by atoms with E-state index in [1.807, 2.05) is 32.9 Å². The maximum atomic E-state index is 12.5. The Morgan fingerprint density at radius 1 is 1.00 bits per heavy atom. The number of aryl methyl sites for hydroxylation is 3. The van der Waals surface area contributed by atoms with Crippen molar-refractivity contribution < 1.29 is 8.42 Å². The predicted molar refractivity (Wildman–Crippen MR) is 95.4 cm³/mol. The van der Waals surface area contributed by atoms with Gasteiger partial charge in [-0.2, -0.15) is 0 Å². The lowest BCUT2D eigenvalue weighted by atomic mass is 10.1. The second-order valence-electron chi connectivity index (χ2n) is 6.74. The van der Waals surface area contributed by atoms with Gasteiger partial charge in [0.15, 0.2) is 0 Å². The van der Waals surface area contributed by atoms with Gasteiger partial charge in [-0.3, -0.25) is 0 Å². The molecule has 0 atom stereocenters. The monoisotopic (exact) mass is 338 g/mol. The molecular weight excluding hydrogens is 308 g/mol. The van der Waals surface area contributed by atoms with Crippen molar-refractivity contribution >= 4 is 10.0 Å². The number of benzene rings is 1. The van der Waals surface area contributed by atoms with Crippen LogP contribution in [-0.2, 0) is 10.0 Å². The van der Waals surface area contributed by atoms with Crippen LogP contribution in [-0.4, -0.2) is 39.5 Å². The Morgan fingerprint density at radius 3 is 2.22 bits per heavy atom. The van der Waals surface area contributed by atoms with Gasteiger partial charge in [-0.25, -0.2) is 13.1 Å². The number of sulfonamides is 1. The minimum Gasteiger partial charge on any atom is -0.303 e. The molecule has 1 N–H and O–H groups in total. The third-order valence-corrected chi connectivity index (χ3v) is 6.28. The highest BCUT2D eigenvalue weighted by atomic mass is 32.2. The summed E-state index contributed by atoms with van der Waals surface area (Å²) in [6.45, 7) is 9.73. The number of rotatable bonds is 7. The normalized spacial score (nSPS) is 16.7. The third kappa shape index (κ3) is 5.30. The molecule has 1 aliphatic rings. The fourth-order valence-corrected chi connectivity index (χ4v) is 5.04. The summed E-state index contributed by atoms with van der Waals surface area (Å²) in [6.07, 6.45) is 5.90. The van der Waals surface area contributed by atoms with Crippen molar-refractivity contribution in [2.24, 2.45) is 0 Å². The topological polar surface area (TPSA) is 49.4 Å². The molecule has 0 aliphatic carbocycles. The summed E-state index contributed by atoms with van der Waals surface area (Å²) in [5.41, 5.74) is 2.74. The summed E-state index contributed by atoms with van der Waals surface area (Å²) < 4.78 is 27.8. The Hall–Kier alpha value is -0.910. The summed E-state index contributed by atoms with van der Waals surface area (Å²) >= 11 is 0. The molecule has 1 heterocycles. The lowest BCUT2D eigenvalue weighted by Crippen LogP contribution is -2.31. The first-order valence-electron chi connectivity index (χ1n) is 8.70. The Kier molecular flexibility index (Phi) is 6.62. The zero-order valence-electron chi connectivity index (χ0n) is 14.7. The van der Waals surface area contributed by atoms with Gasteiger partial charge in [0.05, 0.1) is 4.90 Å². The zero-order chi connectivity index (χ0) is 16.9. The SMILES string of the molecule is Cc1cc(C)c(S(=O)(=O)NCCCCN2CCCCC2)c(C)c1. The van der Waals surface area contributed by atoms with E-state index in [0.717, 1.165) is 36.1 Å². The van der Waals surface area contributed by atoms with Crippen LogP contribution < -0.4 is 4.72 Å². The molecule has 1 aromatic rings. The highest BCUT2D eigenvalue weighted by Gasteiger charge is 2.19. The Bertz CT molecular complexity index is 597. The zero-order valence-corrected chi connectivity index (χ0v) is 15.5. The number of hydrogen-bond donors (Lipinski definition) is 1. The maximum Gasteiger partial charge on any atom is 0.241 e. The minimum atomic E-state index is -3.41. The minimum absolute atomic E-state index is 0.444. The second-order valence-corrected chi connectivity index (χ2v) is 8.44. The van der Waals surface area contributed by atoms with Gasteiger partial charge in [-0.05, 0) is 77.2 Å². The predicted octanol–water partition coefficient (Wildman–Crippen LogP) is 3.16. The van der Waals surface area contributed by atoms with Crippen LogP contribution in [0.4, 0.5) is 0 Å². The van der Waals surface area contributed by atoms with Gasteiger partial charge in [0, 0.05) is 6.54 Å². The fraction of sp³-hybridized carbons (Fsp3) is 0.667. The van der Waals surface area contributed by atoms with Crippen LogP contribution >= 0.6 is 0 Å². The highest BCUT2D eigenvalue weighted by molar-refractivity contribution is 7.89. The van der Waals surface area contributed by atoms with E-state index in [0.29, 0.717) is 11.4 Å². The molecule has 0 bridgehead atoms. The van der Waals surface area contributed by atoms with Crippen molar-refractivity contribution in [2.45, 2.75) is 57.8 Å². The van der Waals surface area contributed by atoms with Crippen LogP contribution in [0.5, 0.6) is 0 Å². The van der Waals surface area contributed by atoms with E-state index >= 15 is 0 Å². The van der Waals surface area contributed by atoms with Crippen LogP contribution in [0.3, 0.4) is 0 Å². The van der Waals surface area contributed by atoms with Gasteiger partial charge in [0.1, 0.15) is 0 Å². The molecule has 0 amide bonds. The van der Waals surface area contributed by atoms with Gasteiger partial charge >= 0.3 is 0 Å². The highest BCUT2D eigenvalue weighted by Crippen LogP contribution is 2.21. The van der Waals surface area contributed by atoms with Crippen molar-refractivity contribution in [2.75, 3.05) is 26.2 Å². The van der Waals surface area contributed by atoms with Crippen LogP contribution in [0.15, 0.2) is 17.0 Å². The Labute approximate surface area is 141 Å². The van der Waals surface area contributed by atoms with Crippen molar-refractivity contribution in [1.82, 2.24) is 9.62 Å². The summed E-state index contributed by atoms with van der Waals surface area (Å²) in [7, 11) is -3.41. The molecule has 1 aliphatic heterocycles. The maximum absolute atomic E-state index is 12.5. The molecule has 5 heteroatoms. The second kappa shape index (κ2) is 8.27. The Morgan fingerprint density at radius 2 is 1.61 bits per heavy atom. The average Bonchev–Trinajstić information content (AvgIpc) is 2.46. The molecular formula is C18H30N2O2S. The molecule has 0 spiro atoms. The lowest BCUT2D eigenvalue weighted by molar-refractivity contribution is 0.225. The van der Waals surface area contributed by atoms with E-state index in [1.54, 1.807) is 0 Å². The van der Waals surface area contributed by atoms with Crippen LogP contribution in [0.25, 0.3) is 0 Å². The summed E-state index contributed by atoms with van der Waals surface area (Å²) in [5.74, 6) is 0. The van der Waals surface area contributed by atoms with Crippen molar-refractivity contribution in [3.8, 4) is 0 Å². The van der Waals surface area contributed by atoms with Gasteiger partial charge in [0.2, 0.25) is 10.0 Å². The van der Waals surface area contributed by atoms with E-state index in [4.69, 9.17) is 0 Å². The molecule has 0 unspecified atom stereocenters. The largest absolute Gasteiger partial charge is 0.303 e. The van der Waals surface area contributed by atoms with Crippen molar-refractivity contribution in [3.63, 3.8) is 0 Å². The molecule has 130 valence electrons. The first-order valence-corrected chi connectivity index (χ1v) is 10.2. The van der Waals surface area contributed by atoms with Crippen LogP contribution in [0, 0.1) is 20.8 Å². The number of nitrogens with zero attached hydrogens (tertiary/aromatic N) is 1. The van der Waals surface area contributed by atoms with E-state index in [2.05, 4.69) is 9.62 Å². The number of likely N-dealkylation sites (tertiary alicyclic amines) is 1. The molecule has 1 saturated heterocycles. The first-order chi connectivity index (χ1) is 10.9. The van der Waals surface area contributed by atoms with Gasteiger partial charge in [-0.1, -0.05) is 24.1 Å². The van der Waals surface area contributed by atoms with E-state index < -0.39 is 10.0 Å². The van der Waals surface area contributed by atoms with Crippen LogP contribution in [0.2, 0.25) is 0 Å². The molecule has 1 fully saturated rings. The van der Waals surface area contributed by atoms with Gasteiger partial charge < -0.3 is 4.90 Å². The quantitative estimate of drug-likeness (QED) is 0.777. The van der Waals surface area contributed by atoms with E-state index in [-0.39, 0.29) is 0 Å². The molecule has 0 saturated carbocycles. The molecule has 4 nitrogen and oxygen atoms in total. The van der Waals surface area contributed by atoms with Gasteiger partial charge in [-0.15, -0.1) is 0 Å². The molecule has 1 aromatic carbocycles. The number of hydrogen-bond acceptors (Lipinski definition) is 3. The average molecular weight is 339 g/mol. The summed E-state index contributed by atoms with van der Waals surface area (Å²) in [5, 5.41) is 0. The number of nitrogens with one attached hydrogen (secondary N) is 1. The smallest absolute Gasteiger partial charge is 0.241 e. The summed E-state index contributed by atoms with van der Waals surface area (Å²) in [6, 6.07) is 3.86. The van der Waals surface area contributed by atoms with Crippen LogP contribution in [0.1, 0.15) is 48.8 Å². The molecule has 0 radical (unpaired) electrons. The third-order valence-electron chi connectivity index (χ3n) is 4.52. The molecule has 2 rings (SSSR count). The fourth-order valence-electron chi connectivity index (χ4n) is 3.51. The van der Waals surface area contributed by atoms with Gasteiger partial charge in [0.25, 0.3) is 0 Å². The molecule has 0 aromatic heterocycles. The first kappa shape index (κ1) is 18.4. The number of unbranched alkanes of at least 4 members (excludes halogenated alkanes) is 1. The standard InChI is InChI=1S/C18H30N2O2S/c1-15-13-16(2)18(17(3)14-15)23(21,22)19-9-5-8-12-20-10-6-4-7-11-20/h13-14,19H,4-12H2,1-3H3. The van der Waals surface area contributed by atoms with Crippen molar-refractivity contribution in [3.05, 3.63) is 28.8 Å². The Balaban J connectivity index is 1.82. The van der Waals surface area contributed by atoms with E-state index in [9.17, 15) is 8.42 Å². The number of piperidine rings is 1. The van der Waals surface area contributed by atoms with Crippen molar-refractivity contribution in [1.29, 1.82) is 0 Å². The lowest BCUT2D eigenvalue weighted by Gasteiger charge is -2.26. The molecule has 23 heavy (non-hydrogen) atoms.